The molecule has 0 bridgehead atoms. The van der Waals surface area contributed by atoms with Gasteiger partial charge in [-0.15, -0.1) is 0 Å². The second kappa shape index (κ2) is 8.17. The first-order valence-electron chi connectivity index (χ1n) is 9.35. The van der Waals surface area contributed by atoms with Gasteiger partial charge in [0.25, 0.3) is 5.91 Å². The molecular formula is C22H26N2O2. The number of hydrogen-bond donors (Lipinski definition) is 1. The monoisotopic (exact) mass is 350 g/mol. The first-order chi connectivity index (χ1) is 12.6. The van der Waals surface area contributed by atoms with E-state index in [0.717, 1.165) is 41.6 Å². The maximum Gasteiger partial charge on any atom is 0.258 e. The molecule has 3 rings (SSSR count). The Kier molecular flexibility index (Phi) is 5.71. The van der Waals surface area contributed by atoms with Crippen molar-refractivity contribution in [2.24, 2.45) is 0 Å². The molecule has 0 fully saturated rings. The summed E-state index contributed by atoms with van der Waals surface area (Å²) in [5, 5.41) is 2.97. The molecule has 0 saturated heterocycles. The normalized spacial score (nSPS) is 12.8. The highest BCUT2D eigenvalue weighted by Crippen LogP contribution is 2.30. The van der Waals surface area contributed by atoms with E-state index >= 15 is 0 Å². The summed E-state index contributed by atoms with van der Waals surface area (Å²) >= 11 is 0. The van der Waals surface area contributed by atoms with Crippen molar-refractivity contribution in [2.45, 2.75) is 46.1 Å². The number of carbonyl (C=O) groups excluding carboxylic acids is 2. The largest absolute Gasteiger partial charge is 0.352 e. The third-order valence-corrected chi connectivity index (χ3v) is 4.80. The molecule has 0 atom stereocenters. The zero-order chi connectivity index (χ0) is 18.5. The van der Waals surface area contributed by atoms with E-state index in [9.17, 15) is 9.59 Å². The SMILES string of the molecule is CCCCC(=O)NCc1ccc2c(c1)N(C(=O)c1cccc(C)c1)CC2. The predicted molar refractivity (Wildman–Crippen MR) is 104 cm³/mol. The van der Waals surface area contributed by atoms with E-state index < -0.39 is 0 Å². The standard InChI is InChI=1S/C22H26N2O2/c1-3-4-8-21(25)23-15-17-9-10-18-11-12-24(20(18)14-17)22(26)19-7-5-6-16(2)13-19/h5-7,9-10,13-14H,3-4,8,11-12,15H2,1-2H3,(H,23,25). The quantitative estimate of drug-likeness (QED) is 0.856. The van der Waals surface area contributed by atoms with Crippen molar-refractivity contribution in [3.63, 3.8) is 0 Å². The summed E-state index contributed by atoms with van der Waals surface area (Å²) in [5.41, 5.74) is 4.98. The van der Waals surface area contributed by atoms with Crippen molar-refractivity contribution in [3.8, 4) is 0 Å². The Balaban J connectivity index is 1.73. The van der Waals surface area contributed by atoms with Crippen LogP contribution in [0.3, 0.4) is 0 Å². The van der Waals surface area contributed by atoms with Crippen molar-refractivity contribution in [3.05, 3.63) is 64.7 Å². The molecule has 2 aromatic rings. The van der Waals surface area contributed by atoms with E-state index in [1.54, 1.807) is 0 Å². The van der Waals surface area contributed by atoms with Crippen LogP contribution in [0.15, 0.2) is 42.5 Å². The first-order valence-corrected chi connectivity index (χ1v) is 9.35. The van der Waals surface area contributed by atoms with Crippen molar-refractivity contribution >= 4 is 17.5 Å². The Morgan fingerprint density at radius 1 is 1.15 bits per heavy atom. The third kappa shape index (κ3) is 4.13. The molecule has 1 N–H and O–H groups in total. The van der Waals surface area contributed by atoms with Crippen LogP contribution in [0.2, 0.25) is 0 Å². The van der Waals surface area contributed by atoms with E-state index in [0.29, 0.717) is 19.5 Å². The molecule has 1 heterocycles. The van der Waals surface area contributed by atoms with Crippen LogP contribution in [0.25, 0.3) is 0 Å². The Morgan fingerprint density at radius 2 is 2.00 bits per heavy atom. The average molecular weight is 350 g/mol. The molecule has 4 nitrogen and oxygen atoms in total. The maximum atomic E-state index is 12.9. The lowest BCUT2D eigenvalue weighted by molar-refractivity contribution is -0.121. The van der Waals surface area contributed by atoms with Gasteiger partial charge in [-0.25, -0.2) is 0 Å². The number of carbonyl (C=O) groups is 2. The number of rotatable bonds is 6. The lowest BCUT2D eigenvalue weighted by Crippen LogP contribution is -2.29. The number of nitrogens with zero attached hydrogens (tertiary/aromatic N) is 1. The van der Waals surface area contributed by atoms with E-state index in [4.69, 9.17) is 0 Å². The second-order valence-electron chi connectivity index (χ2n) is 6.92. The number of amides is 2. The van der Waals surface area contributed by atoms with Gasteiger partial charge in [0.1, 0.15) is 0 Å². The summed E-state index contributed by atoms with van der Waals surface area (Å²) in [5.74, 6) is 0.122. The van der Waals surface area contributed by atoms with Gasteiger partial charge in [0.05, 0.1) is 0 Å². The Bertz CT molecular complexity index is 814. The van der Waals surface area contributed by atoms with Crippen LogP contribution >= 0.6 is 0 Å². The van der Waals surface area contributed by atoms with Crippen LogP contribution in [-0.4, -0.2) is 18.4 Å². The minimum absolute atomic E-state index is 0.0385. The molecule has 1 aliphatic rings. The van der Waals surface area contributed by atoms with Crippen LogP contribution in [-0.2, 0) is 17.8 Å². The fourth-order valence-electron chi connectivity index (χ4n) is 3.31. The number of nitrogens with one attached hydrogen (secondary N) is 1. The number of hydrogen-bond acceptors (Lipinski definition) is 2. The number of unbranched alkanes of at least 4 members (excludes halogenated alkanes) is 1. The average Bonchev–Trinajstić information content (AvgIpc) is 3.07. The number of fused-ring (bicyclic) bond motifs is 1. The minimum atomic E-state index is 0.0385. The molecule has 136 valence electrons. The van der Waals surface area contributed by atoms with Crippen LogP contribution in [0.1, 0.15) is 53.2 Å². The molecule has 0 unspecified atom stereocenters. The van der Waals surface area contributed by atoms with E-state index in [-0.39, 0.29) is 11.8 Å². The highest BCUT2D eigenvalue weighted by atomic mass is 16.2. The van der Waals surface area contributed by atoms with Gasteiger partial charge >= 0.3 is 0 Å². The third-order valence-electron chi connectivity index (χ3n) is 4.80. The summed E-state index contributed by atoms with van der Waals surface area (Å²) in [6.07, 6.45) is 3.37. The second-order valence-corrected chi connectivity index (χ2v) is 6.92. The van der Waals surface area contributed by atoms with Gasteiger partial charge < -0.3 is 10.2 Å². The van der Waals surface area contributed by atoms with Crippen LogP contribution < -0.4 is 10.2 Å². The molecule has 1 aliphatic heterocycles. The van der Waals surface area contributed by atoms with Gasteiger partial charge in [0, 0.05) is 30.8 Å². The molecule has 0 saturated carbocycles. The summed E-state index contributed by atoms with van der Waals surface area (Å²) in [4.78, 5) is 26.6. The Labute approximate surface area is 155 Å². The van der Waals surface area contributed by atoms with Crippen molar-refractivity contribution in [2.75, 3.05) is 11.4 Å². The van der Waals surface area contributed by atoms with Gasteiger partial charge in [0.15, 0.2) is 0 Å². The van der Waals surface area contributed by atoms with Gasteiger partial charge in [-0.1, -0.05) is 43.2 Å². The predicted octanol–water partition coefficient (Wildman–Crippen LogP) is 4.00. The zero-order valence-corrected chi connectivity index (χ0v) is 15.5. The van der Waals surface area contributed by atoms with Gasteiger partial charge in [0.2, 0.25) is 5.91 Å². The lowest BCUT2D eigenvalue weighted by atomic mass is 10.1. The van der Waals surface area contributed by atoms with E-state index in [1.807, 2.05) is 48.2 Å². The molecule has 26 heavy (non-hydrogen) atoms. The molecule has 2 aromatic carbocycles. The number of anilines is 1. The summed E-state index contributed by atoms with van der Waals surface area (Å²) in [6.45, 7) is 5.28. The molecule has 0 aliphatic carbocycles. The van der Waals surface area contributed by atoms with Gasteiger partial charge in [-0.2, -0.15) is 0 Å². The Hall–Kier alpha value is -2.62. The maximum absolute atomic E-state index is 12.9. The summed E-state index contributed by atoms with van der Waals surface area (Å²) in [7, 11) is 0. The topological polar surface area (TPSA) is 49.4 Å². The van der Waals surface area contributed by atoms with Crippen molar-refractivity contribution < 1.29 is 9.59 Å². The fourth-order valence-corrected chi connectivity index (χ4v) is 3.31. The first kappa shape index (κ1) is 18.2. The fraction of sp³-hybridized carbons (Fsp3) is 0.364. The highest BCUT2D eigenvalue weighted by Gasteiger charge is 2.25. The summed E-state index contributed by atoms with van der Waals surface area (Å²) in [6, 6.07) is 13.9. The van der Waals surface area contributed by atoms with Crippen molar-refractivity contribution in [1.29, 1.82) is 0 Å². The van der Waals surface area contributed by atoms with Gasteiger partial charge in [-0.3, -0.25) is 9.59 Å². The summed E-state index contributed by atoms with van der Waals surface area (Å²) < 4.78 is 0. The minimum Gasteiger partial charge on any atom is -0.352 e. The van der Waals surface area contributed by atoms with E-state index in [2.05, 4.69) is 18.3 Å². The highest BCUT2D eigenvalue weighted by molar-refractivity contribution is 6.07. The van der Waals surface area contributed by atoms with Gasteiger partial charge in [-0.05, 0) is 49.1 Å². The molecule has 0 radical (unpaired) electrons. The molecular weight excluding hydrogens is 324 g/mol. The Morgan fingerprint density at radius 3 is 2.77 bits per heavy atom. The van der Waals surface area contributed by atoms with Crippen LogP contribution in [0.4, 0.5) is 5.69 Å². The number of aryl methyl sites for hydroxylation is 1. The molecule has 0 spiro atoms. The lowest BCUT2D eigenvalue weighted by Gasteiger charge is -2.18. The molecule has 2 amide bonds. The van der Waals surface area contributed by atoms with E-state index in [1.165, 1.54) is 5.56 Å². The zero-order valence-electron chi connectivity index (χ0n) is 15.5. The number of benzene rings is 2. The van der Waals surface area contributed by atoms with Crippen LogP contribution in [0.5, 0.6) is 0 Å². The smallest absolute Gasteiger partial charge is 0.258 e. The molecule has 0 aromatic heterocycles. The van der Waals surface area contributed by atoms with Crippen molar-refractivity contribution in [1.82, 2.24) is 5.32 Å². The molecule has 4 heteroatoms. The van der Waals surface area contributed by atoms with Crippen LogP contribution in [0, 0.1) is 6.92 Å².